The Kier molecular flexibility index (Phi) is 7.50. The number of carbonyl (C=O) groups excluding carboxylic acids is 2. The average molecular weight is 495 g/mol. The number of hydrogen-bond acceptors (Lipinski definition) is 7. The second-order valence-corrected chi connectivity index (χ2v) is 9.40. The van der Waals surface area contributed by atoms with Gasteiger partial charge in [0.05, 0.1) is 43.1 Å². The molecule has 0 saturated carbocycles. The second kappa shape index (κ2) is 10.1. The molecular formula is C22H23ClN2O7S. The lowest BCUT2D eigenvalue weighted by Crippen LogP contribution is -2.47. The number of sulfone groups is 1. The number of urea groups is 1. The SMILES string of the molecule is CCOC(=O)C1=C(CS(=O)(=O)c2ccc(Cl)cc2)NC(=O)N[C@H]1c1ccc(OC)c(OC)c1. The first-order valence-corrected chi connectivity index (χ1v) is 11.9. The number of methoxy groups -OCH3 is 2. The van der Waals surface area contributed by atoms with E-state index >= 15 is 0 Å². The summed E-state index contributed by atoms with van der Waals surface area (Å²) in [6.07, 6.45) is 0. The van der Waals surface area contributed by atoms with Gasteiger partial charge in [-0.05, 0) is 48.9 Å². The second-order valence-electron chi connectivity index (χ2n) is 6.97. The molecule has 1 aliphatic rings. The van der Waals surface area contributed by atoms with Crippen LogP contribution in [0.3, 0.4) is 0 Å². The van der Waals surface area contributed by atoms with Crippen LogP contribution in [-0.4, -0.2) is 47.0 Å². The first kappa shape index (κ1) is 24.4. The van der Waals surface area contributed by atoms with E-state index in [2.05, 4.69) is 10.6 Å². The summed E-state index contributed by atoms with van der Waals surface area (Å²) >= 11 is 5.86. The molecule has 0 spiro atoms. The summed E-state index contributed by atoms with van der Waals surface area (Å²) in [5.74, 6) is -0.555. The molecule has 2 amide bonds. The molecule has 1 heterocycles. The van der Waals surface area contributed by atoms with E-state index in [4.69, 9.17) is 25.8 Å². The number of rotatable bonds is 8. The van der Waals surface area contributed by atoms with Crippen LogP contribution >= 0.6 is 11.6 Å². The molecule has 1 aliphatic heterocycles. The van der Waals surface area contributed by atoms with Gasteiger partial charge in [0.25, 0.3) is 0 Å². The molecule has 0 unspecified atom stereocenters. The Morgan fingerprint density at radius 1 is 1.06 bits per heavy atom. The van der Waals surface area contributed by atoms with E-state index in [-0.39, 0.29) is 22.8 Å². The van der Waals surface area contributed by atoms with Crippen molar-refractivity contribution in [1.29, 1.82) is 0 Å². The monoisotopic (exact) mass is 494 g/mol. The Balaban J connectivity index is 2.12. The average Bonchev–Trinajstić information content (AvgIpc) is 2.78. The van der Waals surface area contributed by atoms with Gasteiger partial charge in [-0.15, -0.1) is 0 Å². The fraction of sp³-hybridized carbons (Fsp3) is 0.273. The summed E-state index contributed by atoms with van der Waals surface area (Å²) in [5, 5.41) is 5.50. The van der Waals surface area contributed by atoms with E-state index in [0.717, 1.165) is 0 Å². The maximum atomic E-state index is 13.0. The molecule has 1 atom stereocenters. The topological polar surface area (TPSA) is 120 Å². The van der Waals surface area contributed by atoms with E-state index in [1.165, 1.54) is 38.5 Å². The third-order valence-electron chi connectivity index (χ3n) is 4.90. The van der Waals surface area contributed by atoms with Crippen molar-refractivity contribution in [3.05, 3.63) is 64.3 Å². The minimum atomic E-state index is -3.92. The summed E-state index contributed by atoms with van der Waals surface area (Å²) < 4.78 is 41.8. The van der Waals surface area contributed by atoms with Crippen molar-refractivity contribution in [3.8, 4) is 11.5 Å². The first-order chi connectivity index (χ1) is 15.7. The van der Waals surface area contributed by atoms with Gasteiger partial charge in [0, 0.05) is 10.7 Å². The van der Waals surface area contributed by atoms with Crippen molar-refractivity contribution in [2.75, 3.05) is 26.6 Å². The third-order valence-corrected chi connectivity index (χ3v) is 6.81. The number of ether oxygens (including phenoxy) is 3. The van der Waals surface area contributed by atoms with Gasteiger partial charge >= 0.3 is 12.0 Å². The third kappa shape index (κ3) is 5.40. The van der Waals surface area contributed by atoms with Gasteiger partial charge in [-0.2, -0.15) is 0 Å². The van der Waals surface area contributed by atoms with Crippen LogP contribution in [0.25, 0.3) is 0 Å². The predicted molar refractivity (Wildman–Crippen MR) is 121 cm³/mol. The fourth-order valence-corrected chi connectivity index (χ4v) is 4.83. The molecule has 0 saturated heterocycles. The lowest BCUT2D eigenvalue weighted by Gasteiger charge is -2.29. The van der Waals surface area contributed by atoms with E-state index in [1.54, 1.807) is 25.1 Å². The van der Waals surface area contributed by atoms with Crippen LogP contribution in [0.15, 0.2) is 58.6 Å². The fourth-order valence-electron chi connectivity index (χ4n) is 3.38. The van der Waals surface area contributed by atoms with Crippen molar-refractivity contribution >= 4 is 33.4 Å². The molecule has 3 rings (SSSR count). The smallest absolute Gasteiger partial charge is 0.338 e. The molecular weight excluding hydrogens is 472 g/mol. The maximum Gasteiger partial charge on any atom is 0.338 e. The molecule has 0 radical (unpaired) electrons. The van der Waals surface area contributed by atoms with Gasteiger partial charge in [-0.3, -0.25) is 0 Å². The van der Waals surface area contributed by atoms with Crippen LogP contribution in [0.4, 0.5) is 4.79 Å². The van der Waals surface area contributed by atoms with Crippen LogP contribution in [0.5, 0.6) is 11.5 Å². The van der Waals surface area contributed by atoms with E-state index in [9.17, 15) is 18.0 Å². The maximum absolute atomic E-state index is 13.0. The predicted octanol–water partition coefficient (Wildman–Crippen LogP) is 3.00. The number of carbonyl (C=O) groups is 2. The Bertz CT molecular complexity index is 1190. The first-order valence-electron chi connectivity index (χ1n) is 9.88. The summed E-state index contributed by atoms with van der Waals surface area (Å²) in [5.41, 5.74) is 0.375. The standard InChI is InChI=1S/C22H23ClN2O7S/c1-4-32-21(26)19-16(12-33(28,29)15-8-6-14(23)7-9-15)24-22(27)25-20(19)13-5-10-17(30-2)18(11-13)31-3/h5-11,20H,4,12H2,1-3H3,(H2,24,25,27)/t20-/m0/s1. The largest absolute Gasteiger partial charge is 0.493 e. The number of esters is 1. The Hall–Kier alpha value is -3.24. The Morgan fingerprint density at radius 3 is 2.33 bits per heavy atom. The van der Waals surface area contributed by atoms with Crippen molar-refractivity contribution in [1.82, 2.24) is 10.6 Å². The highest BCUT2D eigenvalue weighted by atomic mass is 35.5. The number of amides is 2. The molecule has 11 heteroatoms. The number of benzene rings is 2. The van der Waals surface area contributed by atoms with Crippen molar-refractivity contribution in [2.45, 2.75) is 17.9 Å². The number of halogens is 1. The van der Waals surface area contributed by atoms with E-state index in [1.807, 2.05) is 0 Å². The van der Waals surface area contributed by atoms with Crippen molar-refractivity contribution < 1.29 is 32.2 Å². The van der Waals surface area contributed by atoms with Gasteiger partial charge in [0.2, 0.25) is 0 Å². The molecule has 0 aliphatic carbocycles. The van der Waals surface area contributed by atoms with Crippen LogP contribution < -0.4 is 20.1 Å². The lowest BCUT2D eigenvalue weighted by atomic mass is 9.95. The summed E-state index contributed by atoms with van der Waals surface area (Å²) in [6, 6.07) is 8.83. The minimum Gasteiger partial charge on any atom is -0.493 e. The quantitative estimate of drug-likeness (QED) is 0.541. The van der Waals surface area contributed by atoms with Crippen LogP contribution in [0.1, 0.15) is 18.5 Å². The molecule has 9 nitrogen and oxygen atoms in total. The summed E-state index contributed by atoms with van der Waals surface area (Å²) in [6.45, 7) is 1.69. The van der Waals surface area contributed by atoms with Gasteiger partial charge in [-0.1, -0.05) is 17.7 Å². The van der Waals surface area contributed by atoms with Crippen LogP contribution in [0, 0.1) is 0 Å². The Labute approximate surface area is 196 Å². The highest BCUT2D eigenvalue weighted by Gasteiger charge is 2.36. The van der Waals surface area contributed by atoms with Gasteiger partial charge in [0.1, 0.15) is 0 Å². The van der Waals surface area contributed by atoms with Gasteiger partial charge < -0.3 is 24.8 Å². The molecule has 33 heavy (non-hydrogen) atoms. The van der Waals surface area contributed by atoms with E-state index < -0.39 is 33.6 Å². The molecule has 2 N–H and O–H groups in total. The number of nitrogens with one attached hydrogen (secondary N) is 2. The normalized spacial score (nSPS) is 16.0. The summed E-state index contributed by atoms with van der Waals surface area (Å²) in [4.78, 5) is 25.4. The minimum absolute atomic E-state index is 0.00180. The number of hydrogen-bond donors (Lipinski definition) is 2. The van der Waals surface area contributed by atoms with Crippen LogP contribution in [-0.2, 0) is 19.4 Å². The highest BCUT2D eigenvalue weighted by Crippen LogP contribution is 2.35. The summed E-state index contributed by atoms with van der Waals surface area (Å²) in [7, 11) is -0.989. The van der Waals surface area contributed by atoms with Crippen molar-refractivity contribution in [2.24, 2.45) is 0 Å². The van der Waals surface area contributed by atoms with Crippen LogP contribution in [0.2, 0.25) is 5.02 Å². The Morgan fingerprint density at radius 2 is 1.73 bits per heavy atom. The van der Waals surface area contributed by atoms with Crippen molar-refractivity contribution in [3.63, 3.8) is 0 Å². The molecule has 176 valence electrons. The molecule has 0 bridgehead atoms. The molecule has 2 aromatic carbocycles. The molecule has 0 aromatic heterocycles. The zero-order valence-corrected chi connectivity index (χ0v) is 19.7. The van der Waals surface area contributed by atoms with Gasteiger partial charge in [-0.25, -0.2) is 18.0 Å². The van der Waals surface area contributed by atoms with E-state index in [0.29, 0.717) is 22.1 Å². The molecule has 0 fully saturated rings. The molecule has 2 aromatic rings. The zero-order valence-electron chi connectivity index (χ0n) is 18.2. The zero-order chi connectivity index (χ0) is 24.2. The highest BCUT2D eigenvalue weighted by molar-refractivity contribution is 7.91. The lowest BCUT2D eigenvalue weighted by molar-refractivity contribution is -0.139. The van der Waals surface area contributed by atoms with Gasteiger partial charge in [0.15, 0.2) is 21.3 Å².